The Balaban J connectivity index is 2.35. The van der Waals surface area contributed by atoms with Crippen molar-refractivity contribution < 1.29 is 9.84 Å². The lowest BCUT2D eigenvalue weighted by Gasteiger charge is -2.24. The van der Waals surface area contributed by atoms with Crippen LogP contribution in [0, 0.1) is 0 Å². The molecule has 1 aromatic carbocycles. The number of hydrogen-bond acceptors (Lipinski definition) is 4. The van der Waals surface area contributed by atoms with E-state index < -0.39 is 6.10 Å². The van der Waals surface area contributed by atoms with Crippen LogP contribution in [-0.4, -0.2) is 42.4 Å². The van der Waals surface area contributed by atoms with E-state index in [9.17, 15) is 5.11 Å². The molecule has 0 fully saturated rings. The minimum atomic E-state index is -0.456. The lowest BCUT2D eigenvalue weighted by molar-refractivity contribution is 0.0681. The molecular weight excluding hydrogens is 252 g/mol. The van der Waals surface area contributed by atoms with Gasteiger partial charge in [0.1, 0.15) is 18.5 Å². The number of benzene rings is 1. The van der Waals surface area contributed by atoms with Crippen LogP contribution in [0.3, 0.4) is 0 Å². The Morgan fingerprint density at radius 1 is 1.15 bits per heavy atom. The van der Waals surface area contributed by atoms with Gasteiger partial charge in [-0.15, -0.1) is 0 Å². The largest absolute Gasteiger partial charge is 0.491 e. The highest BCUT2D eigenvalue weighted by atomic mass is 16.5. The van der Waals surface area contributed by atoms with Gasteiger partial charge in [0.15, 0.2) is 0 Å². The Morgan fingerprint density at radius 3 is 2.25 bits per heavy atom. The number of nitrogens with two attached hydrogens (primary N) is 1. The van der Waals surface area contributed by atoms with Gasteiger partial charge in [-0.1, -0.05) is 26.0 Å². The van der Waals surface area contributed by atoms with Crippen LogP contribution in [-0.2, 0) is 6.54 Å². The van der Waals surface area contributed by atoms with Crippen molar-refractivity contribution in [3.63, 3.8) is 0 Å². The van der Waals surface area contributed by atoms with Crippen molar-refractivity contribution in [1.82, 2.24) is 4.90 Å². The van der Waals surface area contributed by atoms with Gasteiger partial charge >= 0.3 is 0 Å². The van der Waals surface area contributed by atoms with Gasteiger partial charge in [0.2, 0.25) is 0 Å². The van der Waals surface area contributed by atoms with Crippen molar-refractivity contribution in [1.29, 1.82) is 0 Å². The molecule has 0 aliphatic rings. The summed E-state index contributed by atoms with van der Waals surface area (Å²) in [7, 11) is 0. The Bertz CT molecular complexity index is 348. The van der Waals surface area contributed by atoms with E-state index in [-0.39, 0.29) is 0 Å². The number of ether oxygens (including phenoxy) is 1. The maximum atomic E-state index is 10.0. The summed E-state index contributed by atoms with van der Waals surface area (Å²) in [5.41, 5.74) is 6.63. The van der Waals surface area contributed by atoms with Crippen LogP contribution >= 0.6 is 0 Å². The second-order valence-corrected chi connectivity index (χ2v) is 5.11. The predicted octanol–water partition coefficient (Wildman–Crippen LogP) is 2.01. The molecule has 0 radical (unpaired) electrons. The molecule has 3 N–H and O–H groups in total. The molecule has 1 aromatic rings. The monoisotopic (exact) mass is 280 g/mol. The Morgan fingerprint density at radius 2 is 1.75 bits per heavy atom. The van der Waals surface area contributed by atoms with Crippen LogP contribution in [0.5, 0.6) is 5.75 Å². The summed E-state index contributed by atoms with van der Waals surface area (Å²) < 4.78 is 5.61. The highest BCUT2D eigenvalue weighted by Gasteiger charge is 2.11. The van der Waals surface area contributed by atoms with E-state index in [0.29, 0.717) is 19.7 Å². The average Bonchev–Trinajstić information content (AvgIpc) is 2.46. The maximum absolute atomic E-state index is 10.0. The van der Waals surface area contributed by atoms with Crippen molar-refractivity contribution in [2.45, 2.75) is 39.3 Å². The highest BCUT2D eigenvalue weighted by molar-refractivity contribution is 5.27. The average molecular weight is 280 g/mol. The third-order valence-electron chi connectivity index (χ3n) is 3.15. The van der Waals surface area contributed by atoms with Crippen molar-refractivity contribution in [2.24, 2.45) is 5.73 Å². The predicted molar refractivity (Wildman–Crippen MR) is 82.9 cm³/mol. The van der Waals surface area contributed by atoms with Gasteiger partial charge in [0.05, 0.1) is 0 Å². The van der Waals surface area contributed by atoms with Crippen molar-refractivity contribution in [3.05, 3.63) is 29.8 Å². The van der Waals surface area contributed by atoms with Crippen LogP contribution in [0.25, 0.3) is 0 Å². The normalized spacial score (nSPS) is 12.7. The van der Waals surface area contributed by atoms with Crippen LogP contribution in [0.15, 0.2) is 24.3 Å². The first kappa shape index (κ1) is 17.0. The molecule has 0 saturated heterocycles. The summed E-state index contributed by atoms with van der Waals surface area (Å²) in [5, 5.41) is 10.0. The van der Waals surface area contributed by atoms with Gasteiger partial charge in [-0.3, -0.25) is 0 Å². The van der Waals surface area contributed by atoms with Crippen molar-refractivity contribution >= 4 is 0 Å². The Labute approximate surface area is 122 Å². The molecule has 0 saturated carbocycles. The number of rotatable bonds is 10. The zero-order chi connectivity index (χ0) is 14.8. The molecule has 114 valence electrons. The molecule has 0 bridgehead atoms. The van der Waals surface area contributed by atoms with Crippen LogP contribution in [0.2, 0.25) is 0 Å². The molecule has 1 atom stereocenters. The zero-order valence-corrected chi connectivity index (χ0v) is 12.7. The SMILES string of the molecule is CCCN(CCC)CC(O)COc1ccc(CN)cc1. The van der Waals surface area contributed by atoms with Gasteiger partial charge in [0, 0.05) is 13.1 Å². The lowest BCUT2D eigenvalue weighted by Crippen LogP contribution is -2.36. The Hall–Kier alpha value is -1.10. The molecule has 1 unspecified atom stereocenters. The molecule has 0 aliphatic carbocycles. The molecule has 0 amide bonds. The molecule has 0 aliphatic heterocycles. The lowest BCUT2D eigenvalue weighted by atomic mass is 10.2. The second kappa shape index (κ2) is 9.75. The first-order chi connectivity index (χ1) is 9.69. The molecule has 4 nitrogen and oxygen atoms in total. The van der Waals surface area contributed by atoms with E-state index in [4.69, 9.17) is 10.5 Å². The van der Waals surface area contributed by atoms with Gasteiger partial charge in [-0.05, 0) is 43.6 Å². The summed E-state index contributed by atoms with van der Waals surface area (Å²) in [5.74, 6) is 0.777. The Kier molecular flexibility index (Phi) is 8.26. The van der Waals surface area contributed by atoms with Crippen LogP contribution in [0.4, 0.5) is 0 Å². The van der Waals surface area contributed by atoms with E-state index in [2.05, 4.69) is 18.7 Å². The molecular formula is C16H28N2O2. The summed E-state index contributed by atoms with van der Waals surface area (Å²) in [6, 6.07) is 7.68. The smallest absolute Gasteiger partial charge is 0.119 e. The van der Waals surface area contributed by atoms with Crippen molar-refractivity contribution in [3.8, 4) is 5.75 Å². The highest BCUT2D eigenvalue weighted by Crippen LogP contribution is 2.12. The quantitative estimate of drug-likeness (QED) is 0.688. The molecule has 0 spiro atoms. The van der Waals surface area contributed by atoms with Crippen molar-refractivity contribution in [2.75, 3.05) is 26.2 Å². The molecule has 0 heterocycles. The first-order valence-electron chi connectivity index (χ1n) is 7.51. The summed E-state index contributed by atoms with van der Waals surface area (Å²) >= 11 is 0. The fourth-order valence-electron chi connectivity index (χ4n) is 2.19. The minimum Gasteiger partial charge on any atom is -0.491 e. The minimum absolute atomic E-state index is 0.325. The van der Waals surface area contributed by atoms with Gasteiger partial charge in [0.25, 0.3) is 0 Å². The van der Waals surface area contributed by atoms with Crippen LogP contribution < -0.4 is 10.5 Å². The molecule has 20 heavy (non-hydrogen) atoms. The second-order valence-electron chi connectivity index (χ2n) is 5.11. The van der Waals surface area contributed by atoms with E-state index in [1.54, 1.807) is 0 Å². The third-order valence-corrected chi connectivity index (χ3v) is 3.15. The first-order valence-corrected chi connectivity index (χ1v) is 7.51. The van der Waals surface area contributed by atoms with E-state index >= 15 is 0 Å². The fraction of sp³-hybridized carbons (Fsp3) is 0.625. The summed E-state index contributed by atoms with van der Waals surface area (Å²) in [6.45, 7) is 7.89. The molecule has 1 rings (SSSR count). The number of hydrogen-bond donors (Lipinski definition) is 2. The topological polar surface area (TPSA) is 58.7 Å². The van der Waals surface area contributed by atoms with Gasteiger partial charge < -0.3 is 20.5 Å². The number of nitrogens with zero attached hydrogens (tertiary/aromatic N) is 1. The molecule has 0 aromatic heterocycles. The van der Waals surface area contributed by atoms with Gasteiger partial charge in [-0.25, -0.2) is 0 Å². The van der Waals surface area contributed by atoms with Gasteiger partial charge in [-0.2, -0.15) is 0 Å². The fourth-order valence-corrected chi connectivity index (χ4v) is 2.19. The number of aliphatic hydroxyl groups is 1. The summed E-state index contributed by atoms with van der Waals surface area (Å²) in [6.07, 6.45) is 1.75. The maximum Gasteiger partial charge on any atom is 0.119 e. The van der Waals surface area contributed by atoms with E-state index in [1.165, 1.54) is 0 Å². The molecule has 4 heteroatoms. The standard InChI is InChI=1S/C16H28N2O2/c1-3-9-18(10-4-2)12-15(19)13-20-16-7-5-14(11-17)6-8-16/h5-8,15,19H,3-4,9-13,17H2,1-2H3. The number of aliphatic hydroxyl groups excluding tert-OH is 1. The van der Waals surface area contributed by atoms with E-state index in [1.807, 2.05) is 24.3 Å². The van der Waals surface area contributed by atoms with E-state index in [0.717, 1.165) is 37.2 Å². The third kappa shape index (κ3) is 6.37. The summed E-state index contributed by atoms with van der Waals surface area (Å²) in [4.78, 5) is 2.28. The van der Waals surface area contributed by atoms with Crippen LogP contribution in [0.1, 0.15) is 32.3 Å². The zero-order valence-electron chi connectivity index (χ0n) is 12.7.